The van der Waals surface area contributed by atoms with Crippen LogP contribution in [-0.2, 0) is 13.1 Å². The summed E-state index contributed by atoms with van der Waals surface area (Å²) in [5.74, 6) is 1.13. The Morgan fingerprint density at radius 3 is 2.75 bits per heavy atom. The summed E-state index contributed by atoms with van der Waals surface area (Å²) in [7, 11) is 1.63. The summed E-state index contributed by atoms with van der Waals surface area (Å²) in [6.07, 6.45) is 1.30. The van der Waals surface area contributed by atoms with E-state index < -0.39 is 0 Å². The second-order valence-corrected chi connectivity index (χ2v) is 6.34. The summed E-state index contributed by atoms with van der Waals surface area (Å²) >= 11 is 1.62. The maximum atomic E-state index is 12.9. The number of benzene rings is 1. The molecule has 0 aliphatic rings. The smallest absolute Gasteiger partial charge is 0.276 e. The monoisotopic (exact) mass is 342 g/mol. The van der Waals surface area contributed by atoms with E-state index in [1.807, 2.05) is 41.8 Å². The lowest BCUT2D eigenvalue weighted by atomic mass is 10.1. The van der Waals surface area contributed by atoms with Crippen LogP contribution < -0.4 is 4.74 Å². The third-order valence-electron chi connectivity index (χ3n) is 3.72. The zero-order valence-electron chi connectivity index (χ0n) is 13.6. The van der Waals surface area contributed by atoms with Crippen LogP contribution in [0.4, 0.5) is 0 Å². The van der Waals surface area contributed by atoms with E-state index in [9.17, 15) is 4.79 Å². The Labute approximate surface area is 144 Å². The quantitative estimate of drug-likeness (QED) is 0.682. The van der Waals surface area contributed by atoms with Crippen molar-refractivity contribution in [2.45, 2.75) is 20.0 Å². The van der Waals surface area contributed by atoms with Crippen molar-refractivity contribution in [3.63, 3.8) is 0 Å². The summed E-state index contributed by atoms with van der Waals surface area (Å²) in [5.41, 5.74) is 1.30. The molecule has 2 aromatic heterocycles. The van der Waals surface area contributed by atoms with Crippen molar-refractivity contribution in [1.82, 2.24) is 9.88 Å². The fourth-order valence-corrected chi connectivity index (χ4v) is 3.21. The summed E-state index contributed by atoms with van der Waals surface area (Å²) in [6, 6.07) is 11.7. The molecule has 0 fully saturated rings. The van der Waals surface area contributed by atoms with E-state index in [0.29, 0.717) is 24.5 Å². The van der Waals surface area contributed by atoms with E-state index in [1.54, 1.807) is 30.3 Å². The van der Waals surface area contributed by atoms with Crippen molar-refractivity contribution in [3.05, 3.63) is 70.1 Å². The number of hydrogen-bond donors (Lipinski definition) is 0. The molecule has 5 nitrogen and oxygen atoms in total. The van der Waals surface area contributed by atoms with Crippen LogP contribution in [0.1, 0.15) is 26.7 Å². The number of rotatable bonds is 6. The maximum absolute atomic E-state index is 12.9. The summed E-state index contributed by atoms with van der Waals surface area (Å²) < 4.78 is 10.6. The molecule has 1 amide bonds. The van der Waals surface area contributed by atoms with Crippen LogP contribution >= 0.6 is 11.3 Å². The number of aryl methyl sites for hydroxylation is 1. The summed E-state index contributed by atoms with van der Waals surface area (Å²) in [5, 5.41) is 2.00. The minimum Gasteiger partial charge on any atom is -0.496 e. The zero-order valence-corrected chi connectivity index (χ0v) is 14.4. The van der Waals surface area contributed by atoms with Crippen LogP contribution in [0.2, 0.25) is 0 Å². The maximum Gasteiger partial charge on any atom is 0.276 e. The first-order chi connectivity index (χ1) is 11.7. The molecule has 0 atom stereocenters. The van der Waals surface area contributed by atoms with Crippen LogP contribution in [0.25, 0.3) is 0 Å². The van der Waals surface area contributed by atoms with Gasteiger partial charge in [-0.25, -0.2) is 4.98 Å². The van der Waals surface area contributed by atoms with Gasteiger partial charge in [0.25, 0.3) is 5.91 Å². The molecule has 0 bridgehead atoms. The number of aromatic nitrogens is 1. The van der Waals surface area contributed by atoms with Crippen LogP contribution in [0.3, 0.4) is 0 Å². The number of carbonyl (C=O) groups is 1. The fourth-order valence-electron chi connectivity index (χ4n) is 2.49. The number of thiophene rings is 1. The number of methoxy groups -OCH3 is 1. The van der Waals surface area contributed by atoms with Gasteiger partial charge in [-0.1, -0.05) is 24.3 Å². The first-order valence-electron chi connectivity index (χ1n) is 7.52. The third kappa shape index (κ3) is 3.49. The molecule has 0 aliphatic carbocycles. The third-order valence-corrected chi connectivity index (χ3v) is 4.58. The average Bonchev–Trinajstić information content (AvgIpc) is 3.25. The lowest BCUT2D eigenvalue weighted by Crippen LogP contribution is -2.30. The van der Waals surface area contributed by atoms with Gasteiger partial charge in [0.1, 0.15) is 11.5 Å². The van der Waals surface area contributed by atoms with Gasteiger partial charge in [0.15, 0.2) is 12.1 Å². The molecular formula is C18H18N2O3S. The summed E-state index contributed by atoms with van der Waals surface area (Å²) in [4.78, 5) is 19.9. The van der Waals surface area contributed by atoms with E-state index in [-0.39, 0.29) is 5.91 Å². The molecule has 0 saturated heterocycles. The lowest BCUT2D eigenvalue weighted by molar-refractivity contribution is 0.0723. The standard InChI is InChI=1S/C18H18N2O3S/c1-13-17(19-12-23-13)18(21)20(11-15-7-5-9-24-15)10-14-6-3-4-8-16(14)22-2/h3-9,12H,10-11H2,1-2H3. The second kappa shape index (κ2) is 7.31. The molecule has 24 heavy (non-hydrogen) atoms. The van der Waals surface area contributed by atoms with Crippen LogP contribution in [0.5, 0.6) is 5.75 Å². The van der Waals surface area contributed by atoms with Crippen molar-refractivity contribution in [2.75, 3.05) is 7.11 Å². The number of carbonyl (C=O) groups excluding carboxylic acids is 1. The van der Waals surface area contributed by atoms with Crippen LogP contribution in [0, 0.1) is 6.92 Å². The highest BCUT2D eigenvalue weighted by molar-refractivity contribution is 7.09. The topological polar surface area (TPSA) is 55.6 Å². The highest BCUT2D eigenvalue weighted by Crippen LogP contribution is 2.23. The molecule has 3 aromatic rings. The Balaban J connectivity index is 1.90. The van der Waals surface area contributed by atoms with E-state index >= 15 is 0 Å². The SMILES string of the molecule is COc1ccccc1CN(Cc1cccs1)C(=O)c1ncoc1C. The van der Waals surface area contributed by atoms with Gasteiger partial charge >= 0.3 is 0 Å². The molecule has 124 valence electrons. The Bertz CT molecular complexity index is 811. The van der Waals surface area contributed by atoms with Gasteiger partial charge in [-0.05, 0) is 24.4 Å². The Morgan fingerprint density at radius 1 is 1.25 bits per heavy atom. The number of para-hydroxylation sites is 1. The number of nitrogens with zero attached hydrogens (tertiary/aromatic N) is 2. The molecule has 0 saturated carbocycles. The minimum atomic E-state index is -0.152. The number of hydrogen-bond acceptors (Lipinski definition) is 5. The van der Waals surface area contributed by atoms with E-state index in [4.69, 9.17) is 9.15 Å². The Kier molecular flexibility index (Phi) is 4.96. The molecule has 0 N–H and O–H groups in total. The largest absolute Gasteiger partial charge is 0.496 e. The number of amides is 1. The molecule has 0 radical (unpaired) electrons. The molecule has 2 heterocycles. The molecule has 0 aliphatic heterocycles. The van der Waals surface area contributed by atoms with Crippen molar-refractivity contribution >= 4 is 17.2 Å². The van der Waals surface area contributed by atoms with E-state index in [0.717, 1.165) is 16.2 Å². The van der Waals surface area contributed by atoms with Gasteiger partial charge in [-0.2, -0.15) is 0 Å². The highest BCUT2D eigenvalue weighted by atomic mass is 32.1. The van der Waals surface area contributed by atoms with Gasteiger partial charge < -0.3 is 14.1 Å². The van der Waals surface area contributed by atoms with Crippen molar-refractivity contribution in [3.8, 4) is 5.75 Å². The second-order valence-electron chi connectivity index (χ2n) is 5.31. The van der Waals surface area contributed by atoms with Gasteiger partial charge in [-0.15, -0.1) is 11.3 Å². The number of ether oxygens (including phenoxy) is 1. The molecule has 0 unspecified atom stereocenters. The normalized spacial score (nSPS) is 10.6. The first-order valence-corrected chi connectivity index (χ1v) is 8.40. The Morgan fingerprint density at radius 2 is 2.08 bits per heavy atom. The van der Waals surface area contributed by atoms with Gasteiger partial charge in [0, 0.05) is 10.4 Å². The van der Waals surface area contributed by atoms with Gasteiger partial charge in [0.2, 0.25) is 0 Å². The fraction of sp³-hybridized carbons (Fsp3) is 0.222. The predicted molar refractivity (Wildman–Crippen MR) is 92.1 cm³/mol. The highest BCUT2D eigenvalue weighted by Gasteiger charge is 2.22. The van der Waals surface area contributed by atoms with Gasteiger partial charge in [0.05, 0.1) is 20.2 Å². The van der Waals surface area contributed by atoms with Crippen molar-refractivity contribution in [2.24, 2.45) is 0 Å². The molecule has 0 spiro atoms. The molecule has 1 aromatic carbocycles. The first kappa shape index (κ1) is 16.3. The number of oxazole rings is 1. The van der Waals surface area contributed by atoms with Crippen LogP contribution in [-0.4, -0.2) is 22.9 Å². The average molecular weight is 342 g/mol. The molecular weight excluding hydrogens is 324 g/mol. The van der Waals surface area contributed by atoms with E-state index in [2.05, 4.69) is 4.98 Å². The predicted octanol–water partition coefficient (Wildman–Crippen LogP) is 3.90. The molecule has 6 heteroatoms. The van der Waals surface area contributed by atoms with Gasteiger partial charge in [-0.3, -0.25) is 4.79 Å². The van der Waals surface area contributed by atoms with Crippen LogP contribution in [0.15, 0.2) is 52.6 Å². The lowest BCUT2D eigenvalue weighted by Gasteiger charge is -2.22. The summed E-state index contributed by atoms with van der Waals surface area (Å²) in [6.45, 7) is 2.69. The zero-order chi connectivity index (χ0) is 16.9. The van der Waals surface area contributed by atoms with E-state index in [1.165, 1.54) is 6.39 Å². The van der Waals surface area contributed by atoms with Crippen molar-refractivity contribution < 1.29 is 13.9 Å². The Hall–Kier alpha value is -2.60. The molecule has 3 rings (SSSR count). The van der Waals surface area contributed by atoms with Crippen molar-refractivity contribution in [1.29, 1.82) is 0 Å². The minimum absolute atomic E-state index is 0.152.